The van der Waals surface area contributed by atoms with Crippen LogP contribution in [0.3, 0.4) is 0 Å². The third-order valence-electron chi connectivity index (χ3n) is 5.47. The number of nitrogens with one attached hydrogen (secondary N) is 1. The van der Waals surface area contributed by atoms with E-state index in [2.05, 4.69) is 5.32 Å². The van der Waals surface area contributed by atoms with Crippen molar-refractivity contribution in [2.45, 2.75) is 5.92 Å². The first-order valence-corrected chi connectivity index (χ1v) is 9.71. The van der Waals surface area contributed by atoms with Crippen LogP contribution in [0.1, 0.15) is 11.5 Å². The normalized spacial score (nSPS) is 18.2. The fourth-order valence-corrected chi connectivity index (χ4v) is 3.96. The highest BCUT2D eigenvalue weighted by molar-refractivity contribution is 5.94. The van der Waals surface area contributed by atoms with Crippen LogP contribution < -0.4 is 5.32 Å². The van der Waals surface area contributed by atoms with Crippen LogP contribution in [-0.4, -0.2) is 35.1 Å². The lowest BCUT2D eigenvalue weighted by Gasteiger charge is -2.19. The van der Waals surface area contributed by atoms with E-state index in [-0.39, 0.29) is 19.0 Å². The first kappa shape index (κ1) is 19.6. The molecule has 4 rings (SSSR count). The minimum atomic E-state index is -1.11. The van der Waals surface area contributed by atoms with Crippen LogP contribution in [0.25, 0.3) is 11.1 Å². The Balaban J connectivity index is 1.58. The zero-order valence-corrected chi connectivity index (χ0v) is 16.2. The molecule has 2 atom stereocenters. The standard InChI is InChI=1S/C24H21FN2O3/c25-22-12-5-4-11-19(22)20-14-27(24(29)30)15-21(20)23(28)26-18-10-6-9-17(13-18)16-7-2-1-3-8-16/h1-13,20-21H,14-15H2,(H,26,28)(H,29,30). The maximum Gasteiger partial charge on any atom is 0.407 e. The Morgan fingerprint density at radius 3 is 2.33 bits per heavy atom. The van der Waals surface area contributed by atoms with Crippen molar-refractivity contribution in [3.05, 3.63) is 90.2 Å². The first-order valence-electron chi connectivity index (χ1n) is 9.71. The zero-order valence-electron chi connectivity index (χ0n) is 16.2. The van der Waals surface area contributed by atoms with Crippen LogP contribution in [0.5, 0.6) is 0 Å². The number of rotatable bonds is 4. The summed E-state index contributed by atoms with van der Waals surface area (Å²) in [4.78, 5) is 25.7. The summed E-state index contributed by atoms with van der Waals surface area (Å²) in [7, 11) is 0. The lowest BCUT2D eigenvalue weighted by Crippen LogP contribution is -2.30. The van der Waals surface area contributed by atoms with E-state index in [9.17, 15) is 19.1 Å². The Kier molecular flexibility index (Phi) is 5.48. The number of anilines is 1. The second-order valence-electron chi connectivity index (χ2n) is 7.36. The summed E-state index contributed by atoms with van der Waals surface area (Å²) in [6.45, 7) is 0.108. The van der Waals surface area contributed by atoms with E-state index in [0.717, 1.165) is 11.1 Å². The summed E-state index contributed by atoms with van der Waals surface area (Å²) in [5, 5.41) is 12.3. The van der Waals surface area contributed by atoms with E-state index in [1.807, 2.05) is 48.5 Å². The van der Waals surface area contributed by atoms with Gasteiger partial charge in [0.05, 0.1) is 5.92 Å². The summed E-state index contributed by atoms with van der Waals surface area (Å²) in [5.74, 6) is -1.98. The van der Waals surface area contributed by atoms with Gasteiger partial charge in [-0.05, 0) is 34.9 Å². The fourth-order valence-electron chi connectivity index (χ4n) is 3.96. The number of nitrogens with zero attached hydrogens (tertiary/aromatic N) is 1. The average Bonchev–Trinajstić information content (AvgIpc) is 3.21. The maximum atomic E-state index is 14.4. The van der Waals surface area contributed by atoms with Crippen LogP contribution in [0.15, 0.2) is 78.9 Å². The molecular weight excluding hydrogens is 383 g/mol. The van der Waals surface area contributed by atoms with Crippen molar-refractivity contribution in [3.8, 4) is 11.1 Å². The number of carbonyl (C=O) groups is 2. The molecule has 0 bridgehead atoms. The van der Waals surface area contributed by atoms with E-state index < -0.39 is 23.7 Å². The van der Waals surface area contributed by atoms with Crippen LogP contribution in [-0.2, 0) is 4.79 Å². The smallest absolute Gasteiger partial charge is 0.407 e. The fraction of sp³-hybridized carbons (Fsp3) is 0.167. The molecule has 30 heavy (non-hydrogen) atoms. The molecule has 1 saturated heterocycles. The summed E-state index contributed by atoms with van der Waals surface area (Å²) < 4.78 is 14.4. The van der Waals surface area contributed by atoms with E-state index in [1.54, 1.807) is 24.3 Å². The molecule has 0 aliphatic carbocycles. The number of halogens is 1. The van der Waals surface area contributed by atoms with Crippen molar-refractivity contribution in [1.82, 2.24) is 4.90 Å². The Labute approximate surface area is 173 Å². The van der Waals surface area contributed by atoms with Gasteiger partial charge in [-0.3, -0.25) is 4.79 Å². The van der Waals surface area contributed by atoms with E-state index >= 15 is 0 Å². The molecule has 5 nitrogen and oxygen atoms in total. The molecule has 0 aromatic heterocycles. The zero-order chi connectivity index (χ0) is 21.1. The Bertz CT molecular complexity index is 1070. The lowest BCUT2D eigenvalue weighted by molar-refractivity contribution is -0.119. The second-order valence-corrected chi connectivity index (χ2v) is 7.36. The van der Waals surface area contributed by atoms with Gasteiger partial charge in [-0.1, -0.05) is 60.7 Å². The molecule has 3 aromatic carbocycles. The first-order chi connectivity index (χ1) is 14.5. The topological polar surface area (TPSA) is 69.6 Å². The van der Waals surface area contributed by atoms with Gasteiger partial charge in [-0.2, -0.15) is 0 Å². The molecule has 0 saturated carbocycles. The molecule has 1 heterocycles. The molecule has 2 amide bonds. The minimum Gasteiger partial charge on any atom is -0.465 e. The molecule has 1 aliphatic heterocycles. The molecule has 152 valence electrons. The Hall–Kier alpha value is -3.67. The predicted molar refractivity (Wildman–Crippen MR) is 113 cm³/mol. The number of carboxylic acid groups (broad SMARTS) is 1. The monoisotopic (exact) mass is 404 g/mol. The SMILES string of the molecule is O=C(Nc1cccc(-c2ccccc2)c1)C1CN(C(=O)O)CC1c1ccccc1F. The van der Waals surface area contributed by atoms with Crippen molar-refractivity contribution in [2.24, 2.45) is 5.92 Å². The maximum absolute atomic E-state index is 14.4. The van der Waals surface area contributed by atoms with Gasteiger partial charge in [0.25, 0.3) is 0 Å². The number of carbonyl (C=O) groups excluding carboxylic acids is 1. The van der Waals surface area contributed by atoms with Crippen LogP contribution in [0, 0.1) is 11.7 Å². The molecule has 1 fully saturated rings. The highest BCUT2D eigenvalue weighted by Gasteiger charge is 2.41. The highest BCUT2D eigenvalue weighted by atomic mass is 19.1. The largest absolute Gasteiger partial charge is 0.465 e. The van der Waals surface area contributed by atoms with Gasteiger partial charge in [0.2, 0.25) is 5.91 Å². The van der Waals surface area contributed by atoms with E-state index in [1.165, 1.54) is 11.0 Å². The summed E-state index contributed by atoms with van der Waals surface area (Å²) in [6, 6.07) is 23.5. The third kappa shape index (κ3) is 4.03. The van der Waals surface area contributed by atoms with Crippen molar-refractivity contribution in [2.75, 3.05) is 18.4 Å². The van der Waals surface area contributed by atoms with Gasteiger partial charge in [-0.25, -0.2) is 9.18 Å². The van der Waals surface area contributed by atoms with Crippen molar-refractivity contribution in [3.63, 3.8) is 0 Å². The van der Waals surface area contributed by atoms with Gasteiger partial charge in [0, 0.05) is 24.7 Å². The molecule has 6 heteroatoms. The van der Waals surface area contributed by atoms with Crippen LogP contribution >= 0.6 is 0 Å². The molecule has 2 unspecified atom stereocenters. The van der Waals surface area contributed by atoms with Gasteiger partial charge in [-0.15, -0.1) is 0 Å². The summed E-state index contributed by atoms with van der Waals surface area (Å²) in [5.41, 5.74) is 2.95. The summed E-state index contributed by atoms with van der Waals surface area (Å²) >= 11 is 0. The Morgan fingerprint density at radius 1 is 0.900 bits per heavy atom. The highest BCUT2D eigenvalue weighted by Crippen LogP contribution is 2.35. The molecule has 3 aromatic rings. The molecule has 1 aliphatic rings. The molecule has 0 spiro atoms. The van der Waals surface area contributed by atoms with Gasteiger partial charge in [0.15, 0.2) is 0 Å². The molecule has 2 N–H and O–H groups in total. The number of amides is 2. The number of likely N-dealkylation sites (tertiary alicyclic amines) is 1. The second kappa shape index (κ2) is 8.37. The summed E-state index contributed by atoms with van der Waals surface area (Å²) in [6.07, 6.45) is -1.11. The van der Waals surface area contributed by atoms with Crippen molar-refractivity contribution in [1.29, 1.82) is 0 Å². The molecular formula is C24H21FN2O3. The van der Waals surface area contributed by atoms with Crippen molar-refractivity contribution >= 4 is 17.7 Å². The molecule has 0 radical (unpaired) electrons. The van der Waals surface area contributed by atoms with Gasteiger partial charge in [0.1, 0.15) is 5.82 Å². The predicted octanol–water partition coefficient (Wildman–Crippen LogP) is 4.82. The van der Waals surface area contributed by atoms with Crippen LogP contribution in [0.4, 0.5) is 14.9 Å². The average molecular weight is 404 g/mol. The van der Waals surface area contributed by atoms with Crippen LogP contribution in [0.2, 0.25) is 0 Å². The number of hydrogen-bond donors (Lipinski definition) is 2. The van der Waals surface area contributed by atoms with Gasteiger partial charge >= 0.3 is 6.09 Å². The quantitative estimate of drug-likeness (QED) is 0.655. The minimum absolute atomic E-state index is 0.0263. The van der Waals surface area contributed by atoms with E-state index in [0.29, 0.717) is 11.3 Å². The number of hydrogen-bond acceptors (Lipinski definition) is 2. The van der Waals surface area contributed by atoms with Crippen molar-refractivity contribution < 1.29 is 19.1 Å². The third-order valence-corrected chi connectivity index (χ3v) is 5.47. The Morgan fingerprint density at radius 2 is 1.60 bits per heavy atom. The van der Waals surface area contributed by atoms with Gasteiger partial charge < -0.3 is 15.3 Å². The lowest BCUT2D eigenvalue weighted by atomic mass is 9.88. The van der Waals surface area contributed by atoms with E-state index in [4.69, 9.17) is 0 Å². The number of benzene rings is 3.